The van der Waals surface area contributed by atoms with E-state index in [1.54, 1.807) is 0 Å². The van der Waals surface area contributed by atoms with Crippen molar-refractivity contribution in [3.05, 3.63) is 12.0 Å². The molecule has 0 bridgehead atoms. The van der Waals surface area contributed by atoms with E-state index in [4.69, 9.17) is 21.1 Å². The fourth-order valence-corrected chi connectivity index (χ4v) is 2.74. The molecule has 13 heteroatoms. The quantitative estimate of drug-likeness (QED) is 0.172. The van der Waals surface area contributed by atoms with Crippen molar-refractivity contribution in [1.82, 2.24) is 14.6 Å². The zero-order chi connectivity index (χ0) is 18.1. The predicted molar refractivity (Wildman–Crippen MR) is 77.4 cm³/mol. The molecule has 0 aromatic carbocycles. The summed E-state index contributed by atoms with van der Waals surface area (Å²) < 4.78 is 35.9. The molecule has 1 aromatic rings. The van der Waals surface area contributed by atoms with E-state index in [0.29, 0.717) is 0 Å². The molecule has 0 spiro atoms. The molecule has 0 unspecified atom stereocenters. The standard InChI is InChI=1S/C11H11N5O7S/c1-3-6-8(10(18)16(6)24(19,20)21)14-9(17)7(15-22-2)5-4-23-11(12)13-5/h1,4,6,8H,2H3,(H2,12,13)(H,14,17)(H,19,20,21)/t6-,8+/m1/s1. The third-order valence-corrected chi connectivity index (χ3v) is 3.82. The summed E-state index contributed by atoms with van der Waals surface area (Å²) in [4.78, 5) is 32.2. The van der Waals surface area contributed by atoms with Gasteiger partial charge < -0.3 is 20.3 Å². The van der Waals surface area contributed by atoms with E-state index < -0.39 is 34.2 Å². The monoisotopic (exact) mass is 357 g/mol. The summed E-state index contributed by atoms with van der Waals surface area (Å²) in [6.07, 6.45) is 6.16. The lowest BCUT2D eigenvalue weighted by Crippen LogP contribution is -2.71. The summed E-state index contributed by atoms with van der Waals surface area (Å²) in [6.45, 7) is 0. The van der Waals surface area contributed by atoms with Gasteiger partial charge in [-0.3, -0.25) is 14.1 Å². The Bertz CT molecular complexity index is 852. The number of hydrogen-bond acceptors (Lipinski definition) is 9. The summed E-state index contributed by atoms with van der Waals surface area (Å²) in [5.41, 5.74) is 4.83. The summed E-state index contributed by atoms with van der Waals surface area (Å²) >= 11 is 0. The second-order valence-corrected chi connectivity index (χ2v) is 5.66. The number of terminal acetylenes is 1. The zero-order valence-corrected chi connectivity index (χ0v) is 12.8. The Morgan fingerprint density at radius 2 is 2.33 bits per heavy atom. The molecule has 1 fully saturated rings. The lowest BCUT2D eigenvalue weighted by atomic mass is 9.99. The molecule has 2 rings (SSSR count). The number of hydrogen-bond donors (Lipinski definition) is 3. The Morgan fingerprint density at radius 3 is 2.79 bits per heavy atom. The first-order chi connectivity index (χ1) is 11.2. The Kier molecular flexibility index (Phi) is 4.44. The van der Waals surface area contributed by atoms with E-state index in [2.05, 4.69) is 20.3 Å². The Labute approximate surface area is 135 Å². The minimum absolute atomic E-state index is 0.0686. The highest BCUT2D eigenvalue weighted by atomic mass is 32.2. The first kappa shape index (κ1) is 17.2. The van der Waals surface area contributed by atoms with Crippen LogP contribution in [0.3, 0.4) is 0 Å². The molecule has 1 aromatic heterocycles. The average Bonchev–Trinajstić information content (AvgIpc) is 2.91. The van der Waals surface area contributed by atoms with Crippen LogP contribution in [0.2, 0.25) is 0 Å². The summed E-state index contributed by atoms with van der Waals surface area (Å²) in [6, 6.07) is -3.00. The number of oxazole rings is 1. The van der Waals surface area contributed by atoms with Gasteiger partial charge in [-0.15, -0.1) is 6.42 Å². The number of nitrogens with two attached hydrogens (primary N) is 1. The molecular weight excluding hydrogens is 346 g/mol. The average molecular weight is 357 g/mol. The molecule has 0 radical (unpaired) electrons. The zero-order valence-electron chi connectivity index (χ0n) is 12.0. The fraction of sp³-hybridized carbons (Fsp3) is 0.273. The number of nitrogen functional groups attached to an aromatic ring is 1. The van der Waals surface area contributed by atoms with Crippen LogP contribution in [0.15, 0.2) is 15.8 Å². The van der Waals surface area contributed by atoms with Gasteiger partial charge in [0.05, 0.1) is 0 Å². The van der Waals surface area contributed by atoms with E-state index in [9.17, 15) is 18.0 Å². The number of anilines is 1. The normalized spacial score (nSPS) is 21.0. The van der Waals surface area contributed by atoms with Crippen LogP contribution >= 0.6 is 0 Å². The van der Waals surface area contributed by atoms with Crippen LogP contribution in [0, 0.1) is 12.3 Å². The Balaban J connectivity index is 2.21. The van der Waals surface area contributed by atoms with Crippen LogP contribution in [0.25, 0.3) is 0 Å². The SMILES string of the molecule is C#C[C@@H]1[C@H](NC(=O)C(=NOC)c2coc(N)n2)C(=O)N1S(=O)(=O)O. The van der Waals surface area contributed by atoms with Gasteiger partial charge in [0.15, 0.2) is 5.71 Å². The number of oxime groups is 1. The van der Waals surface area contributed by atoms with Gasteiger partial charge in [0.2, 0.25) is 0 Å². The molecule has 4 N–H and O–H groups in total. The van der Waals surface area contributed by atoms with Crippen LogP contribution in [-0.2, 0) is 24.7 Å². The number of aromatic nitrogens is 1. The number of nitrogens with zero attached hydrogens (tertiary/aromatic N) is 3. The van der Waals surface area contributed by atoms with Crippen LogP contribution in [0.1, 0.15) is 5.69 Å². The molecule has 24 heavy (non-hydrogen) atoms. The van der Waals surface area contributed by atoms with E-state index in [1.165, 1.54) is 0 Å². The van der Waals surface area contributed by atoms with Crippen molar-refractivity contribution in [2.24, 2.45) is 5.16 Å². The third-order valence-electron chi connectivity index (χ3n) is 2.92. The van der Waals surface area contributed by atoms with Gasteiger partial charge in [-0.25, -0.2) is 0 Å². The Hall–Kier alpha value is -3.11. The molecule has 1 saturated heterocycles. The van der Waals surface area contributed by atoms with Gasteiger partial charge >= 0.3 is 10.3 Å². The first-order valence-electron chi connectivity index (χ1n) is 6.11. The minimum atomic E-state index is -4.83. The van der Waals surface area contributed by atoms with Crippen molar-refractivity contribution in [3.63, 3.8) is 0 Å². The number of amides is 2. The van der Waals surface area contributed by atoms with Crippen molar-refractivity contribution in [2.45, 2.75) is 12.1 Å². The topological polar surface area (TPSA) is 177 Å². The van der Waals surface area contributed by atoms with Crippen molar-refractivity contribution in [3.8, 4) is 12.3 Å². The molecule has 2 amide bonds. The van der Waals surface area contributed by atoms with Crippen molar-refractivity contribution < 1.29 is 31.8 Å². The van der Waals surface area contributed by atoms with Gasteiger partial charge in [0.1, 0.15) is 31.2 Å². The minimum Gasteiger partial charge on any atom is -0.432 e. The third kappa shape index (κ3) is 3.00. The number of β-lactam (4-membered cyclic amide) rings is 1. The molecule has 12 nitrogen and oxygen atoms in total. The van der Waals surface area contributed by atoms with Gasteiger partial charge in [0, 0.05) is 0 Å². The predicted octanol–water partition coefficient (Wildman–Crippen LogP) is -2.26. The lowest BCUT2D eigenvalue weighted by molar-refractivity contribution is -0.142. The lowest BCUT2D eigenvalue weighted by Gasteiger charge is -2.41. The molecule has 2 heterocycles. The number of nitrogens with one attached hydrogen (secondary N) is 1. The second-order valence-electron chi connectivity index (χ2n) is 4.37. The number of rotatable bonds is 5. The maximum atomic E-state index is 12.2. The van der Waals surface area contributed by atoms with Crippen molar-refractivity contribution in [2.75, 3.05) is 12.8 Å². The molecule has 0 saturated carbocycles. The van der Waals surface area contributed by atoms with Crippen LogP contribution < -0.4 is 11.1 Å². The number of carbonyl (C=O) groups is 2. The van der Waals surface area contributed by atoms with E-state index in [1.807, 2.05) is 5.92 Å². The highest BCUT2D eigenvalue weighted by Crippen LogP contribution is 2.23. The smallest absolute Gasteiger partial charge is 0.363 e. The van der Waals surface area contributed by atoms with Crippen LogP contribution in [-0.4, -0.2) is 59.0 Å². The van der Waals surface area contributed by atoms with Crippen molar-refractivity contribution >= 4 is 33.8 Å². The maximum absolute atomic E-state index is 12.2. The van der Waals surface area contributed by atoms with E-state index in [0.717, 1.165) is 13.4 Å². The molecule has 2 atom stereocenters. The highest BCUT2D eigenvalue weighted by molar-refractivity contribution is 7.84. The van der Waals surface area contributed by atoms with Crippen LogP contribution in [0.4, 0.5) is 6.01 Å². The van der Waals surface area contributed by atoms with E-state index in [-0.39, 0.29) is 21.7 Å². The largest absolute Gasteiger partial charge is 0.432 e. The Morgan fingerprint density at radius 1 is 1.67 bits per heavy atom. The van der Waals surface area contributed by atoms with Crippen molar-refractivity contribution in [1.29, 1.82) is 0 Å². The molecule has 1 aliphatic heterocycles. The second kappa shape index (κ2) is 6.18. The fourth-order valence-electron chi connectivity index (χ4n) is 1.93. The summed E-state index contributed by atoms with van der Waals surface area (Å²) in [5.74, 6) is -0.0672. The van der Waals surface area contributed by atoms with Gasteiger partial charge in [0.25, 0.3) is 17.8 Å². The van der Waals surface area contributed by atoms with Gasteiger partial charge in [-0.2, -0.15) is 17.7 Å². The molecule has 128 valence electrons. The number of carbonyl (C=O) groups excluding carboxylic acids is 2. The molecule has 0 aliphatic carbocycles. The maximum Gasteiger partial charge on any atom is 0.363 e. The summed E-state index contributed by atoms with van der Waals surface area (Å²) in [5, 5.41) is 5.63. The van der Waals surface area contributed by atoms with Gasteiger partial charge in [-0.05, 0) is 0 Å². The van der Waals surface area contributed by atoms with E-state index >= 15 is 0 Å². The molecule has 1 aliphatic rings. The highest BCUT2D eigenvalue weighted by Gasteiger charge is 2.53. The van der Waals surface area contributed by atoms with Crippen LogP contribution in [0.5, 0.6) is 0 Å². The summed E-state index contributed by atoms with van der Waals surface area (Å²) in [7, 11) is -3.67. The first-order valence-corrected chi connectivity index (χ1v) is 7.50. The van der Waals surface area contributed by atoms with Gasteiger partial charge in [-0.1, -0.05) is 11.1 Å². The molecular formula is C11H11N5O7S.